The summed E-state index contributed by atoms with van der Waals surface area (Å²) in [5.74, 6) is 1.29. The molecule has 2 aromatic carbocycles. The molecule has 27 heavy (non-hydrogen) atoms. The number of halogens is 1. The van der Waals surface area contributed by atoms with Crippen LogP contribution in [-0.4, -0.2) is 25.7 Å². The Hall–Kier alpha value is -2.21. The van der Waals surface area contributed by atoms with Crippen LogP contribution in [0.25, 0.3) is 0 Å². The van der Waals surface area contributed by atoms with E-state index in [0.717, 1.165) is 21.3 Å². The molecule has 1 N–H and O–H groups in total. The van der Waals surface area contributed by atoms with Crippen molar-refractivity contribution in [2.24, 2.45) is 0 Å². The van der Waals surface area contributed by atoms with Crippen LogP contribution in [0.5, 0.6) is 17.2 Å². The lowest BCUT2D eigenvalue weighted by Gasteiger charge is -2.18. The van der Waals surface area contributed by atoms with Crippen LogP contribution in [0.1, 0.15) is 42.3 Å². The van der Waals surface area contributed by atoms with Gasteiger partial charge in [-0.15, -0.1) is 0 Å². The minimum atomic E-state index is -0.228. The molecule has 0 aliphatic carbocycles. The van der Waals surface area contributed by atoms with E-state index in [9.17, 15) is 4.79 Å². The maximum Gasteiger partial charge on any atom is 0.255 e. The topological polar surface area (TPSA) is 56.8 Å². The highest BCUT2D eigenvalue weighted by Gasteiger charge is 2.19. The summed E-state index contributed by atoms with van der Waals surface area (Å²) in [5.41, 5.74) is 3.22. The number of carbonyl (C=O) groups is 1. The number of amides is 1. The van der Waals surface area contributed by atoms with Crippen molar-refractivity contribution in [2.45, 2.75) is 34.6 Å². The summed E-state index contributed by atoms with van der Waals surface area (Å²) in [5, 5.41) is 3.00. The predicted octanol–water partition coefficient (Wildman–Crippen LogP) is 5.51. The third-order valence-electron chi connectivity index (χ3n) is 3.91. The van der Waals surface area contributed by atoms with E-state index < -0.39 is 0 Å². The average molecular weight is 436 g/mol. The summed E-state index contributed by atoms with van der Waals surface area (Å²) in [6, 6.07) is 7.32. The molecule has 0 atom stereocenters. The van der Waals surface area contributed by atoms with Gasteiger partial charge in [-0.2, -0.15) is 0 Å². The summed E-state index contributed by atoms with van der Waals surface area (Å²) in [7, 11) is 0. The Morgan fingerprint density at radius 1 is 0.889 bits per heavy atom. The van der Waals surface area contributed by atoms with Crippen LogP contribution in [-0.2, 0) is 0 Å². The van der Waals surface area contributed by atoms with Gasteiger partial charge in [-0.3, -0.25) is 4.79 Å². The van der Waals surface area contributed by atoms with Crippen LogP contribution in [0.3, 0.4) is 0 Å². The number of benzene rings is 2. The molecule has 0 radical (unpaired) electrons. The Labute approximate surface area is 169 Å². The Kier molecular flexibility index (Phi) is 7.54. The van der Waals surface area contributed by atoms with Gasteiger partial charge in [-0.1, -0.05) is 15.9 Å². The molecule has 0 saturated heterocycles. The lowest BCUT2D eigenvalue weighted by molar-refractivity contribution is 0.102. The molecule has 0 saturated carbocycles. The third-order valence-corrected chi connectivity index (χ3v) is 4.37. The highest BCUT2D eigenvalue weighted by molar-refractivity contribution is 9.10. The van der Waals surface area contributed by atoms with Crippen LogP contribution in [0.15, 0.2) is 28.7 Å². The Balaban J connectivity index is 2.43. The average Bonchev–Trinajstić information content (AvgIpc) is 2.60. The van der Waals surface area contributed by atoms with Crippen LogP contribution in [0.2, 0.25) is 0 Å². The summed E-state index contributed by atoms with van der Waals surface area (Å²) in [4.78, 5) is 12.9. The van der Waals surface area contributed by atoms with Crippen LogP contribution in [0.4, 0.5) is 5.69 Å². The van der Waals surface area contributed by atoms with Gasteiger partial charge in [-0.25, -0.2) is 0 Å². The zero-order valence-electron chi connectivity index (χ0n) is 16.4. The molecule has 2 rings (SSSR count). The molecule has 0 unspecified atom stereocenters. The van der Waals surface area contributed by atoms with E-state index >= 15 is 0 Å². The smallest absolute Gasteiger partial charge is 0.255 e. The fraction of sp³-hybridized carbons (Fsp3) is 0.381. The zero-order valence-corrected chi connectivity index (χ0v) is 18.0. The predicted molar refractivity (Wildman–Crippen MR) is 112 cm³/mol. The van der Waals surface area contributed by atoms with Gasteiger partial charge >= 0.3 is 0 Å². The molecule has 0 bridgehead atoms. The van der Waals surface area contributed by atoms with Crippen molar-refractivity contribution in [3.63, 3.8) is 0 Å². The van der Waals surface area contributed by atoms with E-state index in [1.807, 2.05) is 46.8 Å². The molecule has 0 aromatic heterocycles. The van der Waals surface area contributed by atoms with E-state index in [-0.39, 0.29) is 5.91 Å². The first kappa shape index (κ1) is 21.1. The van der Waals surface area contributed by atoms with Crippen LogP contribution < -0.4 is 19.5 Å². The number of nitrogens with one attached hydrogen (secondary N) is 1. The largest absolute Gasteiger partial charge is 0.490 e. The third kappa shape index (κ3) is 5.16. The standard InChI is InChI=1S/C21H26BrNO4/c1-6-25-17-11-15(12-18(26-7-2)20(17)27-8-3)21(24)23-19-13(4)9-16(22)10-14(19)5/h9-12H,6-8H2,1-5H3,(H,23,24). The second-order valence-electron chi connectivity index (χ2n) is 5.97. The van der Waals surface area contributed by atoms with Gasteiger partial charge < -0.3 is 19.5 Å². The SMILES string of the molecule is CCOc1cc(C(=O)Nc2c(C)cc(Br)cc2C)cc(OCC)c1OCC. The van der Waals surface area contributed by atoms with Crippen molar-refractivity contribution in [1.82, 2.24) is 0 Å². The van der Waals surface area contributed by atoms with Crippen molar-refractivity contribution in [3.8, 4) is 17.2 Å². The van der Waals surface area contributed by atoms with Crippen molar-refractivity contribution in [1.29, 1.82) is 0 Å². The first-order chi connectivity index (χ1) is 12.9. The number of ether oxygens (including phenoxy) is 3. The van der Waals surface area contributed by atoms with Crippen LogP contribution in [0, 0.1) is 13.8 Å². The second kappa shape index (κ2) is 9.65. The lowest BCUT2D eigenvalue weighted by atomic mass is 10.1. The number of hydrogen-bond donors (Lipinski definition) is 1. The van der Waals surface area contributed by atoms with Gasteiger partial charge in [0.1, 0.15) is 0 Å². The van der Waals surface area contributed by atoms with Gasteiger partial charge in [0.2, 0.25) is 5.75 Å². The summed E-state index contributed by atoms with van der Waals surface area (Å²) < 4.78 is 18.1. The molecule has 0 aliphatic rings. The number of hydrogen-bond acceptors (Lipinski definition) is 4. The second-order valence-corrected chi connectivity index (χ2v) is 6.89. The first-order valence-electron chi connectivity index (χ1n) is 9.05. The normalized spacial score (nSPS) is 10.4. The van der Waals surface area contributed by atoms with E-state index in [4.69, 9.17) is 14.2 Å². The molecular formula is C21H26BrNO4. The number of anilines is 1. The first-order valence-corrected chi connectivity index (χ1v) is 9.85. The van der Waals surface area contributed by atoms with Crippen molar-refractivity contribution in [2.75, 3.05) is 25.1 Å². The maximum atomic E-state index is 12.9. The molecule has 1 amide bonds. The molecular weight excluding hydrogens is 410 g/mol. The van der Waals surface area contributed by atoms with Gasteiger partial charge in [0.05, 0.1) is 19.8 Å². The van der Waals surface area contributed by atoms with Gasteiger partial charge in [0.15, 0.2) is 11.5 Å². The number of carbonyl (C=O) groups excluding carboxylic acids is 1. The van der Waals surface area contributed by atoms with Gasteiger partial charge in [0, 0.05) is 15.7 Å². The minimum absolute atomic E-state index is 0.228. The maximum absolute atomic E-state index is 12.9. The lowest BCUT2D eigenvalue weighted by Crippen LogP contribution is -2.15. The quantitative estimate of drug-likeness (QED) is 0.593. The van der Waals surface area contributed by atoms with Crippen LogP contribution >= 0.6 is 15.9 Å². The van der Waals surface area contributed by atoms with E-state index in [1.165, 1.54) is 0 Å². The zero-order chi connectivity index (χ0) is 20.0. The summed E-state index contributed by atoms with van der Waals surface area (Å²) in [6.07, 6.45) is 0. The van der Waals surface area contributed by atoms with Crippen molar-refractivity contribution in [3.05, 3.63) is 45.4 Å². The fourth-order valence-electron chi connectivity index (χ4n) is 2.81. The molecule has 2 aromatic rings. The monoisotopic (exact) mass is 435 g/mol. The molecule has 5 nitrogen and oxygen atoms in total. The molecule has 146 valence electrons. The summed E-state index contributed by atoms with van der Waals surface area (Å²) in [6.45, 7) is 11.0. The van der Waals surface area contributed by atoms with Gasteiger partial charge in [0.25, 0.3) is 5.91 Å². The Bertz CT molecular complexity index is 770. The molecule has 0 heterocycles. The van der Waals surface area contributed by atoms with E-state index in [0.29, 0.717) is 42.6 Å². The molecule has 0 spiro atoms. The number of aryl methyl sites for hydroxylation is 2. The Morgan fingerprint density at radius 2 is 1.37 bits per heavy atom. The molecule has 0 fully saturated rings. The van der Waals surface area contributed by atoms with Crippen molar-refractivity contribution < 1.29 is 19.0 Å². The van der Waals surface area contributed by atoms with Gasteiger partial charge in [-0.05, 0) is 70.0 Å². The van der Waals surface area contributed by atoms with Crippen molar-refractivity contribution >= 4 is 27.5 Å². The molecule has 0 aliphatic heterocycles. The minimum Gasteiger partial charge on any atom is -0.490 e. The van der Waals surface area contributed by atoms with E-state index in [1.54, 1.807) is 12.1 Å². The fourth-order valence-corrected chi connectivity index (χ4v) is 3.50. The number of rotatable bonds is 8. The Morgan fingerprint density at radius 3 is 1.81 bits per heavy atom. The summed E-state index contributed by atoms with van der Waals surface area (Å²) >= 11 is 3.47. The molecule has 6 heteroatoms. The highest BCUT2D eigenvalue weighted by atomic mass is 79.9. The highest BCUT2D eigenvalue weighted by Crippen LogP contribution is 2.39. The van der Waals surface area contributed by atoms with E-state index in [2.05, 4.69) is 21.2 Å².